The number of carbonyl (C=O) groups excluding carboxylic acids is 2. The quantitative estimate of drug-likeness (QED) is 0.765. The van der Waals surface area contributed by atoms with Gasteiger partial charge in [-0.3, -0.25) is 4.79 Å². The SMILES string of the molecule is O=C(Nc1ccc(C(F)(F)F)cn1)[C@@H]1CCCCN1C(=O)N1CCS(=O)(=O)CC1. The number of hydrogen-bond donors (Lipinski definition) is 1. The molecule has 0 spiro atoms. The Balaban J connectivity index is 1.67. The molecule has 2 aliphatic rings. The van der Waals surface area contributed by atoms with E-state index in [0.29, 0.717) is 25.6 Å². The molecule has 3 heterocycles. The van der Waals surface area contributed by atoms with Gasteiger partial charge in [0.15, 0.2) is 9.84 Å². The first-order valence-corrected chi connectivity index (χ1v) is 11.0. The number of piperidine rings is 1. The van der Waals surface area contributed by atoms with Crippen LogP contribution in [0.3, 0.4) is 0 Å². The van der Waals surface area contributed by atoms with Crippen LogP contribution < -0.4 is 5.32 Å². The number of hydrogen-bond acceptors (Lipinski definition) is 5. The summed E-state index contributed by atoms with van der Waals surface area (Å²) in [7, 11) is -3.14. The smallest absolute Gasteiger partial charge is 0.323 e. The molecule has 3 amide bonds. The zero-order valence-electron chi connectivity index (χ0n) is 15.5. The average Bonchev–Trinajstić information content (AvgIpc) is 2.67. The van der Waals surface area contributed by atoms with Gasteiger partial charge >= 0.3 is 12.2 Å². The normalized spacial score (nSPS) is 22.2. The molecule has 29 heavy (non-hydrogen) atoms. The molecule has 1 atom stereocenters. The molecule has 3 rings (SSSR count). The molecular formula is C17H21F3N4O4S. The van der Waals surface area contributed by atoms with Crippen molar-refractivity contribution < 1.29 is 31.2 Å². The second kappa shape index (κ2) is 8.17. The van der Waals surface area contributed by atoms with Crippen LogP contribution >= 0.6 is 0 Å². The first kappa shape index (κ1) is 21.3. The Morgan fingerprint density at radius 2 is 1.79 bits per heavy atom. The minimum Gasteiger partial charge on any atom is -0.323 e. The Morgan fingerprint density at radius 3 is 2.38 bits per heavy atom. The Bertz CT molecular complexity index is 860. The Kier molecular flexibility index (Phi) is 6.01. The number of nitrogens with one attached hydrogen (secondary N) is 1. The molecule has 2 saturated heterocycles. The van der Waals surface area contributed by atoms with E-state index in [4.69, 9.17) is 0 Å². The zero-order valence-corrected chi connectivity index (χ0v) is 16.3. The number of likely N-dealkylation sites (tertiary alicyclic amines) is 1. The number of amides is 3. The summed E-state index contributed by atoms with van der Waals surface area (Å²) in [6, 6.07) is 0.685. The van der Waals surface area contributed by atoms with Gasteiger partial charge in [0, 0.05) is 25.8 Å². The zero-order chi connectivity index (χ0) is 21.2. The summed E-state index contributed by atoms with van der Waals surface area (Å²) in [6.07, 6.45) is -2.06. The van der Waals surface area contributed by atoms with Crippen LogP contribution in [0.1, 0.15) is 24.8 Å². The van der Waals surface area contributed by atoms with E-state index in [0.717, 1.165) is 18.6 Å². The average molecular weight is 434 g/mol. The van der Waals surface area contributed by atoms with E-state index in [-0.39, 0.29) is 30.4 Å². The number of aromatic nitrogens is 1. The first-order chi connectivity index (χ1) is 13.6. The highest BCUT2D eigenvalue weighted by Gasteiger charge is 2.36. The molecule has 1 N–H and O–H groups in total. The lowest BCUT2D eigenvalue weighted by Gasteiger charge is -2.39. The van der Waals surface area contributed by atoms with E-state index in [1.165, 1.54) is 9.80 Å². The predicted octanol–water partition coefficient (Wildman–Crippen LogP) is 1.74. The van der Waals surface area contributed by atoms with Gasteiger partial charge in [0.1, 0.15) is 11.9 Å². The van der Waals surface area contributed by atoms with Gasteiger partial charge in [-0.25, -0.2) is 18.2 Å². The Labute approximate surface area is 166 Å². The number of rotatable bonds is 2. The van der Waals surface area contributed by atoms with E-state index in [1.54, 1.807) is 0 Å². The van der Waals surface area contributed by atoms with Gasteiger partial charge in [-0.1, -0.05) is 0 Å². The molecule has 0 radical (unpaired) electrons. The van der Waals surface area contributed by atoms with Crippen molar-refractivity contribution in [1.29, 1.82) is 0 Å². The van der Waals surface area contributed by atoms with Gasteiger partial charge in [-0.2, -0.15) is 13.2 Å². The van der Waals surface area contributed by atoms with Crippen LogP contribution in [0.15, 0.2) is 18.3 Å². The highest BCUT2D eigenvalue weighted by molar-refractivity contribution is 7.91. The minimum atomic E-state index is -4.52. The topological polar surface area (TPSA) is 99.7 Å². The van der Waals surface area contributed by atoms with Crippen LogP contribution in [0, 0.1) is 0 Å². The van der Waals surface area contributed by atoms with E-state index < -0.39 is 39.6 Å². The van der Waals surface area contributed by atoms with Gasteiger partial charge in [0.2, 0.25) is 5.91 Å². The van der Waals surface area contributed by atoms with E-state index in [1.807, 2.05) is 0 Å². The minimum absolute atomic E-state index is 0.0370. The van der Waals surface area contributed by atoms with Gasteiger partial charge in [0.05, 0.1) is 17.1 Å². The monoisotopic (exact) mass is 434 g/mol. The number of carbonyl (C=O) groups is 2. The third kappa shape index (κ3) is 5.17. The number of sulfone groups is 1. The molecule has 1 aromatic heterocycles. The summed E-state index contributed by atoms with van der Waals surface area (Å²) in [6.45, 7) is 0.500. The Hall–Kier alpha value is -2.37. The van der Waals surface area contributed by atoms with Gasteiger partial charge in [-0.05, 0) is 31.4 Å². The van der Waals surface area contributed by atoms with Gasteiger partial charge < -0.3 is 15.1 Å². The molecule has 8 nitrogen and oxygen atoms in total. The lowest BCUT2D eigenvalue weighted by molar-refractivity contribution is -0.137. The lowest BCUT2D eigenvalue weighted by Crippen LogP contribution is -2.56. The number of pyridine rings is 1. The third-order valence-electron chi connectivity index (χ3n) is 5.01. The van der Waals surface area contributed by atoms with Crippen molar-refractivity contribution in [2.75, 3.05) is 36.5 Å². The molecule has 1 aromatic rings. The molecule has 0 saturated carbocycles. The summed E-state index contributed by atoms with van der Waals surface area (Å²) < 4.78 is 61.0. The number of urea groups is 1. The Morgan fingerprint density at radius 1 is 1.10 bits per heavy atom. The van der Waals surface area contributed by atoms with Crippen LogP contribution in [0.25, 0.3) is 0 Å². The molecule has 160 valence electrons. The van der Waals surface area contributed by atoms with Crippen molar-refractivity contribution in [1.82, 2.24) is 14.8 Å². The highest BCUT2D eigenvalue weighted by atomic mass is 32.2. The van der Waals surface area contributed by atoms with Gasteiger partial charge in [-0.15, -0.1) is 0 Å². The summed E-state index contributed by atoms with van der Waals surface area (Å²) >= 11 is 0. The molecule has 2 aliphatic heterocycles. The molecule has 0 aromatic carbocycles. The molecule has 0 aliphatic carbocycles. The van der Waals surface area contributed by atoms with Crippen molar-refractivity contribution in [3.8, 4) is 0 Å². The lowest BCUT2D eigenvalue weighted by atomic mass is 10.0. The second-order valence-corrected chi connectivity index (χ2v) is 9.35. The summed E-state index contributed by atoms with van der Waals surface area (Å²) in [5.41, 5.74) is -0.926. The van der Waals surface area contributed by atoms with Crippen molar-refractivity contribution in [3.05, 3.63) is 23.9 Å². The number of anilines is 1. The van der Waals surface area contributed by atoms with Gasteiger partial charge in [0.25, 0.3) is 0 Å². The van der Waals surface area contributed by atoms with Crippen LogP contribution in [0.5, 0.6) is 0 Å². The van der Waals surface area contributed by atoms with E-state index in [2.05, 4.69) is 10.3 Å². The number of halogens is 3. The summed E-state index contributed by atoms with van der Waals surface area (Å²) in [5.74, 6) is -0.794. The fraction of sp³-hybridized carbons (Fsp3) is 0.588. The number of nitrogens with zero attached hydrogens (tertiary/aromatic N) is 3. The highest BCUT2D eigenvalue weighted by Crippen LogP contribution is 2.29. The maximum absolute atomic E-state index is 12.8. The second-order valence-electron chi connectivity index (χ2n) is 7.05. The molecule has 0 unspecified atom stereocenters. The molecular weight excluding hydrogens is 413 g/mol. The number of alkyl halides is 3. The van der Waals surface area contributed by atoms with Crippen molar-refractivity contribution >= 4 is 27.6 Å². The summed E-state index contributed by atoms with van der Waals surface area (Å²) in [5, 5.41) is 2.47. The molecule has 2 fully saturated rings. The van der Waals surface area contributed by atoms with Crippen molar-refractivity contribution in [2.45, 2.75) is 31.5 Å². The van der Waals surface area contributed by atoms with E-state index in [9.17, 15) is 31.2 Å². The van der Waals surface area contributed by atoms with E-state index >= 15 is 0 Å². The van der Waals surface area contributed by atoms with Crippen molar-refractivity contribution in [3.63, 3.8) is 0 Å². The summed E-state index contributed by atoms with van der Waals surface area (Å²) in [4.78, 5) is 31.9. The largest absolute Gasteiger partial charge is 0.417 e. The van der Waals surface area contributed by atoms with Crippen molar-refractivity contribution in [2.24, 2.45) is 0 Å². The predicted molar refractivity (Wildman–Crippen MR) is 97.8 cm³/mol. The van der Waals surface area contributed by atoms with Crippen LogP contribution in [-0.2, 0) is 20.8 Å². The molecule has 0 bridgehead atoms. The maximum atomic E-state index is 12.8. The molecule has 12 heteroatoms. The van der Waals surface area contributed by atoms with Crippen LogP contribution in [-0.4, -0.2) is 72.3 Å². The fourth-order valence-electron chi connectivity index (χ4n) is 3.36. The third-order valence-corrected chi connectivity index (χ3v) is 6.62. The first-order valence-electron chi connectivity index (χ1n) is 9.17. The standard InChI is InChI=1S/C17H21F3N4O4S/c18-17(19,20)12-4-5-14(21-11-12)22-15(25)13-3-1-2-6-24(13)16(26)23-7-9-29(27,28)10-8-23/h4-5,11,13H,1-3,6-10H2,(H,21,22,25)/t13-/m0/s1. The fourth-order valence-corrected chi connectivity index (χ4v) is 4.56. The van der Waals surface area contributed by atoms with Crippen LogP contribution in [0.4, 0.5) is 23.8 Å². The van der Waals surface area contributed by atoms with Crippen LogP contribution in [0.2, 0.25) is 0 Å². The maximum Gasteiger partial charge on any atom is 0.417 e.